The van der Waals surface area contributed by atoms with E-state index in [0.29, 0.717) is 0 Å². The molecular formula is C46H30BNS. The van der Waals surface area contributed by atoms with Gasteiger partial charge >= 0.3 is 0 Å². The molecule has 10 rings (SSSR count). The molecule has 1 aliphatic heterocycles. The molecule has 3 heteroatoms. The van der Waals surface area contributed by atoms with Gasteiger partial charge in [-0.25, -0.2) is 0 Å². The van der Waals surface area contributed by atoms with E-state index < -0.39 is 0 Å². The molecule has 0 aliphatic carbocycles. The van der Waals surface area contributed by atoms with Crippen LogP contribution in [0.2, 0.25) is 0 Å². The summed E-state index contributed by atoms with van der Waals surface area (Å²) in [4.78, 5) is 2.61. The number of aromatic nitrogens is 1. The number of rotatable bonds is 4. The van der Waals surface area contributed by atoms with Gasteiger partial charge < -0.3 is 4.57 Å². The Bertz CT molecular complexity index is 2640. The van der Waals surface area contributed by atoms with Crippen LogP contribution in [0, 0.1) is 0 Å². The molecule has 8 aromatic carbocycles. The zero-order valence-corrected chi connectivity index (χ0v) is 27.6. The Labute approximate surface area is 290 Å². The summed E-state index contributed by atoms with van der Waals surface area (Å²) in [5, 5.41) is 5.16. The molecule has 1 nitrogen and oxygen atoms in total. The minimum atomic E-state index is 0.0650. The molecule has 0 N–H and O–H groups in total. The number of para-hydroxylation sites is 1. The van der Waals surface area contributed by atoms with Gasteiger partial charge in [0.25, 0.3) is 0 Å². The smallest absolute Gasteiger partial charge is 0.245 e. The van der Waals surface area contributed by atoms with Crippen LogP contribution in [0.5, 0.6) is 0 Å². The highest BCUT2D eigenvalue weighted by molar-refractivity contribution is 8.00. The molecule has 0 atom stereocenters. The Balaban J connectivity index is 1.24. The first-order valence-corrected chi connectivity index (χ1v) is 17.7. The van der Waals surface area contributed by atoms with Gasteiger partial charge in [0.1, 0.15) is 0 Å². The fourth-order valence-electron chi connectivity index (χ4n) is 8.03. The van der Waals surface area contributed by atoms with Crippen LogP contribution in [0.3, 0.4) is 0 Å². The summed E-state index contributed by atoms with van der Waals surface area (Å²) >= 11 is 1.90. The van der Waals surface area contributed by atoms with Crippen LogP contribution < -0.4 is 16.4 Å². The van der Waals surface area contributed by atoms with Crippen molar-refractivity contribution in [3.05, 3.63) is 182 Å². The predicted octanol–water partition coefficient (Wildman–Crippen LogP) is 10.3. The molecule has 49 heavy (non-hydrogen) atoms. The first kappa shape index (κ1) is 28.3. The Kier molecular flexibility index (Phi) is 6.60. The fourth-order valence-corrected chi connectivity index (χ4v) is 9.20. The van der Waals surface area contributed by atoms with Gasteiger partial charge in [-0.3, -0.25) is 0 Å². The van der Waals surface area contributed by atoms with Crippen LogP contribution in [0.25, 0.3) is 60.5 Å². The first-order chi connectivity index (χ1) is 24.3. The van der Waals surface area contributed by atoms with Crippen molar-refractivity contribution in [3.63, 3.8) is 0 Å². The number of hydrogen-bond acceptors (Lipinski definition) is 1. The Hall–Kier alpha value is -5.77. The van der Waals surface area contributed by atoms with E-state index in [9.17, 15) is 0 Å². The highest BCUT2D eigenvalue weighted by atomic mass is 32.2. The summed E-state index contributed by atoms with van der Waals surface area (Å²) in [5.74, 6) is 0. The van der Waals surface area contributed by atoms with Crippen molar-refractivity contribution in [3.8, 4) is 27.9 Å². The van der Waals surface area contributed by atoms with Crippen LogP contribution >= 0.6 is 11.8 Å². The van der Waals surface area contributed by atoms with Crippen LogP contribution in [0.1, 0.15) is 0 Å². The standard InChI is InChI=1S/C46H30BNS/c1-3-14-31(15-4-1)36-21-13-22-37(32-16-5-2-6-17-32)46(36)47-39-23-10-12-25-43(39)49-44-30-34(27-28-40(44)47)48-41-24-11-9-20-38(41)45-35-19-8-7-18-33(35)26-29-42(45)48/h1-30H. The molecule has 0 amide bonds. The SMILES string of the molecule is c1ccc(-c2cccc(-c3ccccc3)c2B2c3ccccc3Sc3cc(-n4c5ccccc5c5c6ccccc6ccc54)ccc32)cc1. The van der Waals surface area contributed by atoms with E-state index in [1.807, 2.05) is 11.8 Å². The van der Waals surface area contributed by atoms with E-state index in [4.69, 9.17) is 0 Å². The second-order valence-electron chi connectivity index (χ2n) is 12.8. The topological polar surface area (TPSA) is 4.93 Å². The van der Waals surface area contributed by atoms with E-state index >= 15 is 0 Å². The highest BCUT2D eigenvalue weighted by Gasteiger charge is 2.35. The maximum atomic E-state index is 2.46. The highest BCUT2D eigenvalue weighted by Crippen LogP contribution is 2.39. The van der Waals surface area contributed by atoms with Crippen LogP contribution in [-0.4, -0.2) is 11.3 Å². The zero-order chi connectivity index (χ0) is 32.3. The lowest BCUT2D eigenvalue weighted by Crippen LogP contribution is -2.56. The minimum absolute atomic E-state index is 0.0650. The van der Waals surface area contributed by atoms with E-state index in [-0.39, 0.29) is 6.71 Å². The van der Waals surface area contributed by atoms with Crippen molar-refractivity contribution in [2.24, 2.45) is 0 Å². The van der Waals surface area contributed by atoms with Gasteiger partial charge in [-0.1, -0.05) is 180 Å². The van der Waals surface area contributed by atoms with Crippen molar-refractivity contribution in [2.45, 2.75) is 9.79 Å². The maximum absolute atomic E-state index is 2.46. The molecule has 9 aromatic rings. The molecule has 0 radical (unpaired) electrons. The van der Waals surface area contributed by atoms with Crippen molar-refractivity contribution >= 4 is 67.4 Å². The van der Waals surface area contributed by atoms with Gasteiger partial charge in [0.05, 0.1) is 11.0 Å². The largest absolute Gasteiger partial charge is 0.309 e. The fraction of sp³-hybridized carbons (Fsp3) is 0. The molecule has 0 fully saturated rings. The summed E-state index contributed by atoms with van der Waals surface area (Å²) < 4.78 is 2.46. The minimum Gasteiger partial charge on any atom is -0.309 e. The molecule has 0 unspecified atom stereocenters. The quantitative estimate of drug-likeness (QED) is 0.174. The van der Waals surface area contributed by atoms with E-state index in [0.717, 1.165) is 0 Å². The van der Waals surface area contributed by atoms with Crippen LogP contribution in [-0.2, 0) is 0 Å². The Morgan fingerprint density at radius 1 is 0.429 bits per heavy atom. The molecule has 0 spiro atoms. The van der Waals surface area contributed by atoms with E-state index in [1.54, 1.807) is 0 Å². The van der Waals surface area contributed by atoms with Gasteiger partial charge in [0, 0.05) is 26.3 Å². The maximum Gasteiger partial charge on any atom is 0.245 e. The number of nitrogens with zero attached hydrogens (tertiary/aromatic N) is 1. The van der Waals surface area contributed by atoms with Crippen molar-refractivity contribution < 1.29 is 0 Å². The van der Waals surface area contributed by atoms with Crippen molar-refractivity contribution in [1.82, 2.24) is 4.57 Å². The lowest BCUT2D eigenvalue weighted by Gasteiger charge is -2.30. The van der Waals surface area contributed by atoms with Gasteiger partial charge in [0.2, 0.25) is 6.71 Å². The van der Waals surface area contributed by atoms with Gasteiger partial charge in [-0.2, -0.15) is 0 Å². The van der Waals surface area contributed by atoms with E-state index in [1.165, 1.54) is 86.7 Å². The third kappa shape index (κ3) is 4.50. The number of hydrogen-bond donors (Lipinski definition) is 0. The van der Waals surface area contributed by atoms with Gasteiger partial charge in [0.15, 0.2) is 0 Å². The second kappa shape index (κ2) is 11.4. The summed E-state index contributed by atoms with van der Waals surface area (Å²) in [6, 6.07) is 66.9. The molecule has 1 aromatic heterocycles. The van der Waals surface area contributed by atoms with Crippen molar-refractivity contribution in [2.75, 3.05) is 0 Å². The molecule has 0 saturated heterocycles. The monoisotopic (exact) mass is 639 g/mol. The average Bonchev–Trinajstić information content (AvgIpc) is 3.52. The molecule has 1 aliphatic rings. The molecule has 228 valence electrons. The van der Waals surface area contributed by atoms with Gasteiger partial charge in [-0.05, 0) is 63.4 Å². The zero-order valence-electron chi connectivity index (χ0n) is 26.8. The lowest BCUT2D eigenvalue weighted by atomic mass is 9.35. The van der Waals surface area contributed by atoms with Gasteiger partial charge in [-0.15, -0.1) is 0 Å². The molecule has 0 bridgehead atoms. The summed E-state index contributed by atoms with van der Waals surface area (Å²) in [6.45, 7) is 0.0650. The third-order valence-electron chi connectivity index (χ3n) is 10.1. The second-order valence-corrected chi connectivity index (χ2v) is 13.9. The summed E-state index contributed by atoms with van der Waals surface area (Å²) in [6.07, 6.45) is 0. The van der Waals surface area contributed by atoms with Crippen molar-refractivity contribution in [1.29, 1.82) is 0 Å². The van der Waals surface area contributed by atoms with Crippen LogP contribution in [0.4, 0.5) is 0 Å². The summed E-state index contributed by atoms with van der Waals surface area (Å²) in [7, 11) is 0. The molecule has 2 heterocycles. The third-order valence-corrected chi connectivity index (χ3v) is 11.3. The Morgan fingerprint density at radius 3 is 1.84 bits per heavy atom. The Morgan fingerprint density at radius 2 is 1.06 bits per heavy atom. The predicted molar refractivity (Wildman–Crippen MR) is 211 cm³/mol. The lowest BCUT2D eigenvalue weighted by molar-refractivity contribution is 1.17. The number of benzene rings is 8. The average molecular weight is 640 g/mol. The molecular weight excluding hydrogens is 609 g/mol. The molecule has 0 saturated carbocycles. The normalized spacial score (nSPS) is 12.4. The first-order valence-electron chi connectivity index (χ1n) is 16.9. The number of fused-ring (bicyclic) bond motifs is 7. The summed E-state index contributed by atoms with van der Waals surface area (Å²) in [5.41, 5.74) is 12.7. The van der Waals surface area contributed by atoms with E-state index in [2.05, 4.69) is 187 Å². The van der Waals surface area contributed by atoms with Crippen LogP contribution in [0.15, 0.2) is 192 Å².